The van der Waals surface area contributed by atoms with Gasteiger partial charge in [-0.05, 0) is 42.4 Å². The Labute approximate surface area is 184 Å². The van der Waals surface area contributed by atoms with E-state index in [0.29, 0.717) is 38.4 Å². The largest absolute Gasteiger partial charge is 0.456 e. The minimum atomic E-state index is -0.409. The zero-order valence-corrected chi connectivity index (χ0v) is 18.5. The Morgan fingerprint density at radius 2 is 1.71 bits per heavy atom. The first kappa shape index (κ1) is 23.3. The lowest BCUT2D eigenvalue weighted by molar-refractivity contribution is -0.151. The Morgan fingerprint density at radius 1 is 1.03 bits per heavy atom. The average Bonchev–Trinajstić information content (AvgIpc) is 2.79. The number of hydrogen-bond donors (Lipinski definition) is 1. The molecule has 2 aliphatic rings. The van der Waals surface area contributed by atoms with Crippen LogP contribution in [-0.2, 0) is 30.3 Å². The van der Waals surface area contributed by atoms with Crippen molar-refractivity contribution >= 4 is 23.5 Å². The summed E-state index contributed by atoms with van der Waals surface area (Å²) in [6.45, 7) is 4.11. The number of anilines is 1. The van der Waals surface area contributed by atoms with E-state index in [-0.39, 0.29) is 30.3 Å². The van der Waals surface area contributed by atoms with Crippen LogP contribution in [0.4, 0.5) is 5.69 Å². The van der Waals surface area contributed by atoms with Crippen LogP contribution in [0.25, 0.3) is 0 Å². The quantitative estimate of drug-likeness (QED) is 0.640. The maximum Gasteiger partial charge on any atom is 0.306 e. The van der Waals surface area contributed by atoms with Gasteiger partial charge in [-0.15, -0.1) is 0 Å². The van der Waals surface area contributed by atoms with Crippen molar-refractivity contribution in [2.24, 2.45) is 5.41 Å². The lowest BCUT2D eigenvalue weighted by Gasteiger charge is -2.38. The van der Waals surface area contributed by atoms with E-state index in [1.165, 1.54) is 5.56 Å². The summed E-state index contributed by atoms with van der Waals surface area (Å²) in [7, 11) is 0. The number of carbonyl (C=O) groups is 3. The molecule has 0 bridgehead atoms. The van der Waals surface area contributed by atoms with Gasteiger partial charge in [0.2, 0.25) is 5.91 Å². The molecule has 1 aliphatic heterocycles. The highest BCUT2D eigenvalue weighted by Crippen LogP contribution is 2.43. The topological polar surface area (TPSA) is 84.9 Å². The zero-order valence-electron chi connectivity index (χ0n) is 18.5. The van der Waals surface area contributed by atoms with Gasteiger partial charge in [0.05, 0.1) is 19.6 Å². The minimum Gasteiger partial charge on any atom is -0.456 e. The van der Waals surface area contributed by atoms with Crippen molar-refractivity contribution in [3.63, 3.8) is 0 Å². The normalized spacial score (nSPS) is 18.3. The molecule has 31 heavy (non-hydrogen) atoms. The molecule has 0 aromatic heterocycles. The molecular formula is C24H34N2O5. The van der Waals surface area contributed by atoms with Crippen molar-refractivity contribution in [3.05, 3.63) is 29.8 Å². The fraction of sp³-hybridized carbons (Fsp3) is 0.625. The molecule has 7 nitrogen and oxygen atoms in total. The fourth-order valence-electron chi connectivity index (χ4n) is 4.49. The first-order valence-corrected chi connectivity index (χ1v) is 11.4. The van der Waals surface area contributed by atoms with E-state index >= 15 is 0 Å². The summed E-state index contributed by atoms with van der Waals surface area (Å²) in [6, 6.07) is 7.60. The molecule has 0 unspecified atom stereocenters. The van der Waals surface area contributed by atoms with Gasteiger partial charge in [-0.1, -0.05) is 38.3 Å². The molecule has 1 aliphatic carbocycles. The van der Waals surface area contributed by atoms with Crippen molar-refractivity contribution in [1.82, 2.24) is 4.90 Å². The zero-order chi connectivity index (χ0) is 22.1. The highest BCUT2D eigenvalue weighted by Gasteiger charge is 2.38. The minimum absolute atomic E-state index is 0.0891. The van der Waals surface area contributed by atoms with E-state index in [0.717, 1.165) is 38.5 Å². The molecule has 7 heteroatoms. The standard InChI is InChI=1S/C24H34N2O5/c1-2-19-6-8-20(9-7-19)25-21(27)18-31-23(29)17-24(10-4-3-5-11-24)16-22(28)26-12-14-30-15-13-26/h6-9H,2-5,10-18H2,1H3,(H,25,27). The summed E-state index contributed by atoms with van der Waals surface area (Å²) in [5.41, 5.74) is 1.50. The number of ether oxygens (including phenoxy) is 2. The number of aryl methyl sites for hydroxylation is 1. The number of carbonyl (C=O) groups excluding carboxylic acids is 3. The molecule has 2 fully saturated rings. The van der Waals surface area contributed by atoms with E-state index < -0.39 is 5.97 Å². The highest BCUT2D eigenvalue weighted by atomic mass is 16.5. The second-order valence-corrected chi connectivity index (χ2v) is 8.67. The van der Waals surface area contributed by atoms with Crippen LogP contribution in [0, 0.1) is 5.41 Å². The molecule has 1 saturated carbocycles. The molecular weight excluding hydrogens is 396 g/mol. The van der Waals surface area contributed by atoms with Gasteiger partial charge in [-0.2, -0.15) is 0 Å². The van der Waals surface area contributed by atoms with Crippen LogP contribution >= 0.6 is 0 Å². The highest BCUT2D eigenvalue weighted by molar-refractivity contribution is 5.92. The molecule has 170 valence electrons. The van der Waals surface area contributed by atoms with Crippen molar-refractivity contribution < 1.29 is 23.9 Å². The molecule has 2 amide bonds. The molecule has 0 radical (unpaired) electrons. The second kappa shape index (κ2) is 11.3. The van der Waals surface area contributed by atoms with Gasteiger partial charge in [-0.25, -0.2) is 0 Å². The number of amides is 2. The monoisotopic (exact) mass is 430 g/mol. The van der Waals surface area contributed by atoms with Gasteiger partial charge < -0.3 is 19.7 Å². The molecule has 1 aromatic carbocycles. The first-order chi connectivity index (χ1) is 15.0. The van der Waals surface area contributed by atoms with Crippen LogP contribution in [0.1, 0.15) is 57.4 Å². The summed E-state index contributed by atoms with van der Waals surface area (Å²) in [5.74, 6) is -0.681. The van der Waals surface area contributed by atoms with Crippen LogP contribution in [0.5, 0.6) is 0 Å². The summed E-state index contributed by atoms with van der Waals surface area (Å²) < 4.78 is 10.6. The first-order valence-electron chi connectivity index (χ1n) is 11.4. The molecule has 1 heterocycles. The van der Waals surface area contributed by atoms with E-state index in [1.54, 1.807) is 0 Å². The van der Waals surface area contributed by atoms with E-state index in [4.69, 9.17) is 9.47 Å². The Bertz CT molecular complexity index is 750. The number of rotatable bonds is 8. The Kier molecular flexibility index (Phi) is 8.46. The van der Waals surface area contributed by atoms with Crippen LogP contribution in [0.15, 0.2) is 24.3 Å². The predicted octanol–water partition coefficient (Wildman–Crippen LogP) is 3.32. The summed E-state index contributed by atoms with van der Waals surface area (Å²) >= 11 is 0. The SMILES string of the molecule is CCc1ccc(NC(=O)COC(=O)CC2(CC(=O)N3CCOCC3)CCCCC2)cc1. The molecule has 1 aromatic rings. The Morgan fingerprint density at radius 3 is 2.35 bits per heavy atom. The summed E-state index contributed by atoms with van der Waals surface area (Å²) in [5, 5.41) is 2.75. The average molecular weight is 431 g/mol. The van der Waals surface area contributed by atoms with Gasteiger partial charge in [-0.3, -0.25) is 14.4 Å². The van der Waals surface area contributed by atoms with Crippen LogP contribution in [-0.4, -0.2) is 55.6 Å². The van der Waals surface area contributed by atoms with Gasteiger partial charge in [0.15, 0.2) is 6.61 Å². The van der Waals surface area contributed by atoms with E-state index in [2.05, 4.69) is 12.2 Å². The molecule has 3 rings (SSSR count). The third-order valence-corrected chi connectivity index (χ3v) is 6.33. The number of nitrogens with one attached hydrogen (secondary N) is 1. The van der Waals surface area contributed by atoms with E-state index in [9.17, 15) is 14.4 Å². The predicted molar refractivity (Wildman–Crippen MR) is 118 cm³/mol. The molecule has 1 N–H and O–H groups in total. The molecule has 0 spiro atoms. The lowest BCUT2D eigenvalue weighted by Crippen LogP contribution is -2.43. The van der Waals surface area contributed by atoms with Gasteiger partial charge in [0.1, 0.15) is 0 Å². The van der Waals surface area contributed by atoms with Gasteiger partial charge in [0, 0.05) is 25.2 Å². The van der Waals surface area contributed by atoms with Crippen LogP contribution in [0.3, 0.4) is 0 Å². The fourth-order valence-corrected chi connectivity index (χ4v) is 4.49. The third kappa shape index (κ3) is 7.06. The third-order valence-electron chi connectivity index (χ3n) is 6.33. The number of benzene rings is 1. The van der Waals surface area contributed by atoms with Gasteiger partial charge >= 0.3 is 5.97 Å². The van der Waals surface area contributed by atoms with Crippen LogP contribution < -0.4 is 5.32 Å². The maximum atomic E-state index is 12.8. The number of morpholine rings is 1. The summed E-state index contributed by atoms with van der Waals surface area (Å²) in [4.78, 5) is 39.4. The smallest absolute Gasteiger partial charge is 0.306 e. The van der Waals surface area contributed by atoms with Crippen molar-refractivity contribution in [2.75, 3.05) is 38.2 Å². The lowest BCUT2D eigenvalue weighted by atomic mass is 9.69. The Hall–Kier alpha value is -2.41. The van der Waals surface area contributed by atoms with Crippen molar-refractivity contribution in [1.29, 1.82) is 0 Å². The van der Waals surface area contributed by atoms with Crippen LogP contribution in [0.2, 0.25) is 0 Å². The van der Waals surface area contributed by atoms with Crippen molar-refractivity contribution in [3.8, 4) is 0 Å². The number of esters is 1. The number of nitrogens with zero attached hydrogens (tertiary/aromatic N) is 1. The summed E-state index contributed by atoms with van der Waals surface area (Å²) in [6.07, 6.45) is 6.31. The van der Waals surface area contributed by atoms with Crippen molar-refractivity contribution in [2.45, 2.75) is 58.3 Å². The second-order valence-electron chi connectivity index (χ2n) is 8.67. The van der Waals surface area contributed by atoms with Gasteiger partial charge in [0.25, 0.3) is 5.91 Å². The number of hydrogen-bond acceptors (Lipinski definition) is 5. The molecule has 1 saturated heterocycles. The Balaban J connectivity index is 1.50. The molecule has 0 atom stereocenters. The van der Waals surface area contributed by atoms with E-state index in [1.807, 2.05) is 29.2 Å². The maximum absolute atomic E-state index is 12.8.